The molecule has 186 valence electrons. The van der Waals surface area contributed by atoms with Crippen LogP contribution in [-0.2, 0) is 16.8 Å². The Hall–Kier alpha value is -4.04. The van der Waals surface area contributed by atoms with Crippen LogP contribution in [0.15, 0.2) is 87.9 Å². The van der Waals surface area contributed by atoms with E-state index >= 15 is 0 Å². The Kier molecular flexibility index (Phi) is 6.76. The minimum Gasteiger partial charge on any atom is -0.452 e. The number of esters is 1. The molecule has 37 heavy (non-hydrogen) atoms. The highest BCUT2D eigenvalue weighted by molar-refractivity contribution is 9.10. The zero-order chi connectivity index (χ0) is 26.0. The summed E-state index contributed by atoms with van der Waals surface area (Å²) in [5.41, 5.74) is 2.35. The lowest BCUT2D eigenvalue weighted by atomic mass is 9.87. The first kappa shape index (κ1) is 24.6. The van der Waals surface area contributed by atoms with Gasteiger partial charge in [0.05, 0.1) is 5.56 Å². The van der Waals surface area contributed by atoms with Gasteiger partial charge in [-0.15, -0.1) is 10.2 Å². The molecular weight excluding hydrogens is 534 g/mol. The quantitative estimate of drug-likeness (QED) is 0.200. The molecule has 0 fully saturated rings. The second kappa shape index (κ2) is 10.1. The monoisotopic (exact) mass is 557 g/mol. The fourth-order valence-electron chi connectivity index (χ4n) is 3.69. The van der Waals surface area contributed by atoms with Crippen LogP contribution in [0.25, 0.3) is 22.2 Å². The van der Waals surface area contributed by atoms with E-state index in [1.54, 1.807) is 12.1 Å². The van der Waals surface area contributed by atoms with Crippen molar-refractivity contribution in [3.63, 3.8) is 0 Å². The lowest BCUT2D eigenvalue weighted by Gasteiger charge is -2.19. The molecule has 2 heterocycles. The summed E-state index contributed by atoms with van der Waals surface area (Å²) in [4.78, 5) is 16.7. The molecule has 0 atom stereocenters. The summed E-state index contributed by atoms with van der Waals surface area (Å²) in [6, 6.07) is 23.0. The Morgan fingerprint density at radius 2 is 1.68 bits per heavy atom. The molecule has 0 N–H and O–H groups in total. The fraction of sp³-hybridized carbons (Fsp3) is 0.172. The lowest BCUT2D eigenvalue weighted by Crippen LogP contribution is -2.10. The number of hydrogen-bond donors (Lipinski definition) is 0. The van der Waals surface area contributed by atoms with E-state index in [1.807, 2.05) is 60.7 Å². The van der Waals surface area contributed by atoms with Crippen LogP contribution < -0.4 is 4.74 Å². The third-order valence-electron chi connectivity index (χ3n) is 5.76. The first-order valence-corrected chi connectivity index (χ1v) is 12.5. The highest BCUT2D eigenvalue weighted by Crippen LogP contribution is 2.27. The highest BCUT2D eigenvalue weighted by atomic mass is 79.9. The van der Waals surface area contributed by atoms with Gasteiger partial charge in [0, 0.05) is 22.3 Å². The van der Waals surface area contributed by atoms with Crippen molar-refractivity contribution in [2.75, 3.05) is 0 Å². The predicted molar refractivity (Wildman–Crippen MR) is 144 cm³/mol. The lowest BCUT2D eigenvalue weighted by molar-refractivity contribution is 0.0438. The van der Waals surface area contributed by atoms with Gasteiger partial charge in [0.15, 0.2) is 6.61 Å². The maximum absolute atomic E-state index is 12.5. The standard InChI is InChI=1S/C29H24BrN3O4/c1-29(2,3)22-8-11-24(12-9-22)36-25-13-7-21(16-31-25)28(34)35-17-26-32-33-27(37-26)20-5-4-19-15-23(30)10-6-18(19)14-20/h4-16H,17H2,1-3H3. The zero-order valence-corrected chi connectivity index (χ0v) is 22.2. The van der Waals surface area contributed by atoms with Gasteiger partial charge in [-0.1, -0.05) is 61.0 Å². The Balaban J connectivity index is 1.18. The van der Waals surface area contributed by atoms with Gasteiger partial charge in [-0.05, 0) is 64.2 Å². The number of nitrogens with zero attached hydrogens (tertiary/aromatic N) is 3. The third-order valence-corrected chi connectivity index (χ3v) is 6.25. The summed E-state index contributed by atoms with van der Waals surface area (Å²) in [6.45, 7) is 6.32. The van der Waals surface area contributed by atoms with Gasteiger partial charge < -0.3 is 13.9 Å². The van der Waals surface area contributed by atoms with Crippen LogP contribution in [0.5, 0.6) is 11.6 Å². The van der Waals surface area contributed by atoms with Gasteiger partial charge in [-0.3, -0.25) is 0 Å². The number of ether oxygens (including phenoxy) is 2. The minimum atomic E-state index is -0.551. The summed E-state index contributed by atoms with van der Waals surface area (Å²) in [6.07, 6.45) is 1.41. The van der Waals surface area contributed by atoms with Crippen molar-refractivity contribution >= 4 is 32.7 Å². The maximum Gasteiger partial charge on any atom is 0.340 e. The molecule has 0 bridgehead atoms. The van der Waals surface area contributed by atoms with Crippen LogP contribution in [0.2, 0.25) is 0 Å². The molecule has 0 aliphatic rings. The number of carbonyl (C=O) groups excluding carboxylic acids is 1. The molecule has 0 amide bonds. The predicted octanol–water partition coefficient (Wildman–Crippen LogP) is 7.49. The van der Waals surface area contributed by atoms with E-state index in [4.69, 9.17) is 13.9 Å². The van der Waals surface area contributed by atoms with E-state index < -0.39 is 5.97 Å². The number of aromatic nitrogens is 3. The molecule has 5 rings (SSSR count). The Labute approximate surface area is 222 Å². The molecule has 0 unspecified atom stereocenters. The Morgan fingerprint density at radius 1 is 0.919 bits per heavy atom. The van der Waals surface area contributed by atoms with Gasteiger partial charge in [-0.25, -0.2) is 9.78 Å². The number of hydrogen-bond acceptors (Lipinski definition) is 7. The van der Waals surface area contributed by atoms with Gasteiger partial charge in [0.25, 0.3) is 5.89 Å². The number of pyridine rings is 1. The first-order chi connectivity index (χ1) is 17.7. The first-order valence-electron chi connectivity index (χ1n) is 11.7. The summed E-state index contributed by atoms with van der Waals surface area (Å²) in [5.74, 6) is 1.05. The van der Waals surface area contributed by atoms with Gasteiger partial charge in [0.2, 0.25) is 11.8 Å². The number of rotatable bonds is 6. The van der Waals surface area contributed by atoms with Crippen LogP contribution in [0.4, 0.5) is 0 Å². The van der Waals surface area contributed by atoms with Crippen LogP contribution >= 0.6 is 15.9 Å². The average Bonchev–Trinajstić information content (AvgIpc) is 3.36. The SMILES string of the molecule is CC(C)(C)c1ccc(Oc2ccc(C(=O)OCc3nnc(-c4ccc5cc(Br)ccc5c4)o3)cn2)cc1. The summed E-state index contributed by atoms with van der Waals surface area (Å²) in [7, 11) is 0. The van der Waals surface area contributed by atoms with Crippen molar-refractivity contribution in [3.05, 3.63) is 100 Å². The van der Waals surface area contributed by atoms with Crippen LogP contribution in [0.3, 0.4) is 0 Å². The van der Waals surface area contributed by atoms with E-state index in [1.165, 1.54) is 11.8 Å². The second-order valence-electron chi connectivity index (χ2n) is 9.54. The number of benzene rings is 3. The summed E-state index contributed by atoms with van der Waals surface area (Å²) < 4.78 is 17.8. The topological polar surface area (TPSA) is 87.3 Å². The van der Waals surface area contributed by atoms with Crippen molar-refractivity contribution < 1.29 is 18.7 Å². The molecule has 5 aromatic rings. The van der Waals surface area contributed by atoms with Crippen molar-refractivity contribution in [2.45, 2.75) is 32.8 Å². The minimum absolute atomic E-state index is 0.0653. The van der Waals surface area contributed by atoms with Gasteiger partial charge >= 0.3 is 5.97 Å². The Morgan fingerprint density at radius 3 is 2.41 bits per heavy atom. The van der Waals surface area contributed by atoms with Gasteiger partial charge in [-0.2, -0.15) is 0 Å². The molecular formula is C29H24BrN3O4. The van der Waals surface area contributed by atoms with Crippen molar-refractivity contribution in [1.82, 2.24) is 15.2 Å². The van der Waals surface area contributed by atoms with Crippen LogP contribution in [0.1, 0.15) is 42.6 Å². The smallest absolute Gasteiger partial charge is 0.340 e. The molecule has 0 spiro atoms. The molecule has 0 aliphatic heterocycles. The molecule has 8 heteroatoms. The van der Waals surface area contributed by atoms with E-state index in [9.17, 15) is 4.79 Å². The largest absolute Gasteiger partial charge is 0.452 e. The van der Waals surface area contributed by atoms with Gasteiger partial charge in [0.1, 0.15) is 5.75 Å². The molecule has 0 saturated heterocycles. The summed E-state index contributed by atoms with van der Waals surface area (Å²) >= 11 is 3.48. The molecule has 0 saturated carbocycles. The van der Waals surface area contributed by atoms with Crippen LogP contribution in [0, 0.1) is 0 Å². The van der Waals surface area contributed by atoms with Crippen molar-refractivity contribution in [1.29, 1.82) is 0 Å². The van der Waals surface area contributed by atoms with Crippen molar-refractivity contribution in [3.8, 4) is 23.1 Å². The molecule has 3 aromatic carbocycles. The zero-order valence-electron chi connectivity index (χ0n) is 20.6. The van der Waals surface area contributed by atoms with E-state index in [0.717, 1.165) is 20.8 Å². The van der Waals surface area contributed by atoms with E-state index in [2.05, 4.69) is 51.9 Å². The normalized spacial score (nSPS) is 11.5. The number of halogens is 1. The maximum atomic E-state index is 12.5. The summed E-state index contributed by atoms with van der Waals surface area (Å²) in [5, 5.41) is 10.2. The highest BCUT2D eigenvalue weighted by Gasteiger charge is 2.15. The van der Waals surface area contributed by atoms with E-state index in [0.29, 0.717) is 17.5 Å². The van der Waals surface area contributed by atoms with Crippen LogP contribution in [-0.4, -0.2) is 21.2 Å². The Bertz CT molecular complexity index is 1560. The van der Waals surface area contributed by atoms with Crippen molar-refractivity contribution in [2.24, 2.45) is 0 Å². The second-order valence-corrected chi connectivity index (χ2v) is 10.5. The molecule has 7 nitrogen and oxygen atoms in total. The molecule has 0 aliphatic carbocycles. The molecule has 2 aromatic heterocycles. The third kappa shape index (κ3) is 5.86. The number of carbonyl (C=O) groups is 1. The number of fused-ring (bicyclic) bond motifs is 1. The molecule has 0 radical (unpaired) electrons. The fourth-order valence-corrected chi connectivity index (χ4v) is 4.07. The van der Waals surface area contributed by atoms with E-state index in [-0.39, 0.29) is 23.5 Å². The average molecular weight is 558 g/mol.